The van der Waals surface area contributed by atoms with E-state index in [-0.39, 0.29) is 0 Å². The average Bonchev–Trinajstić information content (AvgIpc) is 3.14. The van der Waals surface area contributed by atoms with Gasteiger partial charge in [0.15, 0.2) is 0 Å². The maximum Gasteiger partial charge on any atom is 0.0521 e. The number of rotatable bonds is 1. The fourth-order valence-electron chi connectivity index (χ4n) is 1.50. The molecule has 1 aliphatic carbocycles. The van der Waals surface area contributed by atoms with E-state index in [0.717, 1.165) is 5.92 Å². The molecule has 0 radical (unpaired) electrons. The summed E-state index contributed by atoms with van der Waals surface area (Å²) in [5, 5.41) is 4.19. The molecule has 1 fully saturated rings. The molecule has 2 rings (SSSR count). The number of aromatic nitrogens is 2. The minimum absolute atomic E-state index is 0.826. The van der Waals surface area contributed by atoms with E-state index in [0.29, 0.717) is 0 Å². The summed E-state index contributed by atoms with van der Waals surface area (Å²) in [6.45, 7) is 14.1. The van der Waals surface area contributed by atoms with Crippen molar-refractivity contribution < 1.29 is 0 Å². The molecule has 1 aliphatic rings. The highest BCUT2D eigenvalue weighted by Crippen LogP contribution is 2.40. The smallest absolute Gasteiger partial charge is 0.0521 e. The summed E-state index contributed by atoms with van der Waals surface area (Å²) in [7, 11) is 2.03. The Balaban J connectivity index is 0. The molecule has 0 aromatic carbocycles. The maximum atomic E-state index is 4.19. The summed E-state index contributed by atoms with van der Waals surface area (Å²) in [6.07, 6.45) is 4.68. The van der Waals surface area contributed by atoms with Gasteiger partial charge in [-0.05, 0) is 25.3 Å². The van der Waals surface area contributed by atoms with Crippen molar-refractivity contribution in [2.24, 2.45) is 7.05 Å². The lowest BCUT2D eigenvalue weighted by atomic mass is 10.2. The first-order chi connectivity index (χ1) is 7.79. The van der Waals surface area contributed by atoms with Crippen molar-refractivity contribution in [3.8, 4) is 0 Å². The fraction of sp³-hybridized carbons (Fsp3) is 0.786. The van der Waals surface area contributed by atoms with Crippen molar-refractivity contribution in [2.75, 3.05) is 0 Å². The molecule has 0 N–H and O–H groups in total. The largest absolute Gasteiger partial charge is 0.272 e. The van der Waals surface area contributed by atoms with Gasteiger partial charge in [0, 0.05) is 18.7 Å². The predicted octanol–water partition coefficient (Wildman–Crippen LogP) is 4.68. The van der Waals surface area contributed by atoms with Gasteiger partial charge in [-0.2, -0.15) is 5.10 Å². The van der Waals surface area contributed by atoms with Gasteiger partial charge in [-0.25, -0.2) is 0 Å². The molecule has 0 bridgehead atoms. The SMILES string of the molecule is CC.CC.CC.Cc1cnn(C)c1C1CC1. The molecule has 1 heterocycles. The van der Waals surface area contributed by atoms with E-state index in [1.807, 2.05) is 59.5 Å². The lowest BCUT2D eigenvalue weighted by Crippen LogP contribution is -1.96. The normalized spacial score (nSPS) is 12.2. The topological polar surface area (TPSA) is 17.8 Å². The molecule has 0 atom stereocenters. The Morgan fingerprint density at radius 2 is 1.50 bits per heavy atom. The van der Waals surface area contributed by atoms with E-state index < -0.39 is 0 Å². The quantitative estimate of drug-likeness (QED) is 0.679. The first-order valence-electron chi connectivity index (χ1n) is 6.77. The van der Waals surface area contributed by atoms with Crippen LogP contribution >= 0.6 is 0 Å². The number of hydrogen-bond donors (Lipinski definition) is 0. The summed E-state index contributed by atoms with van der Waals surface area (Å²) < 4.78 is 2.01. The molecule has 2 heteroatoms. The van der Waals surface area contributed by atoms with Gasteiger partial charge in [-0.1, -0.05) is 41.5 Å². The van der Waals surface area contributed by atoms with Crippen molar-refractivity contribution in [3.63, 3.8) is 0 Å². The Kier molecular flexibility index (Phi) is 11.8. The summed E-state index contributed by atoms with van der Waals surface area (Å²) in [5.41, 5.74) is 2.80. The number of aryl methyl sites for hydroxylation is 2. The van der Waals surface area contributed by atoms with Crippen LogP contribution in [0.5, 0.6) is 0 Å². The molecule has 1 saturated carbocycles. The Bertz CT molecular complexity index is 228. The molecule has 2 nitrogen and oxygen atoms in total. The first kappa shape index (κ1) is 17.6. The van der Waals surface area contributed by atoms with E-state index in [2.05, 4.69) is 12.0 Å². The van der Waals surface area contributed by atoms with Gasteiger partial charge in [0.2, 0.25) is 0 Å². The van der Waals surface area contributed by atoms with Crippen LogP contribution in [0.3, 0.4) is 0 Å². The summed E-state index contributed by atoms with van der Waals surface area (Å²) in [5.74, 6) is 0.826. The monoisotopic (exact) mass is 226 g/mol. The van der Waals surface area contributed by atoms with Crippen LogP contribution in [0.15, 0.2) is 6.20 Å². The van der Waals surface area contributed by atoms with Crippen molar-refractivity contribution >= 4 is 0 Å². The molecule has 0 aliphatic heterocycles. The van der Waals surface area contributed by atoms with E-state index in [4.69, 9.17) is 0 Å². The van der Waals surface area contributed by atoms with Gasteiger partial charge in [0.1, 0.15) is 0 Å². The average molecular weight is 226 g/mol. The van der Waals surface area contributed by atoms with Crippen LogP contribution in [0.1, 0.15) is 71.6 Å². The zero-order valence-electron chi connectivity index (χ0n) is 12.5. The van der Waals surface area contributed by atoms with Crippen LogP contribution in [-0.4, -0.2) is 9.78 Å². The van der Waals surface area contributed by atoms with E-state index in [1.165, 1.54) is 24.1 Å². The zero-order chi connectivity index (χ0) is 13.1. The highest BCUT2D eigenvalue weighted by molar-refractivity contribution is 5.23. The van der Waals surface area contributed by atoms with Crippen molar-refractivity contribution in [1.82, 2.24) is 9.78 Å². The third-order valence-electron chi connectivity index (χ3n) is 2.14. The fourth-order valence-corrected chi connectivity index (χ4v) is 1.50. The first-order valence-corrected chi connectivity index (χ1v) is 6.77. The predicted molar refractivity (Wildman–Crippen MR) is 74.0 cm³/mol. The third kappa shape index (κ3) is 5.34. The van der Waals surface area contributed by atoms with Gasteiger partial charge in [-0.3, -0.25) is 4.68 Å². The minimum atomic E-state index is 0.826. The molecular formula is C14H30N2. The Labute approximate surface area is 102 Å². The molecule has 16 heavy (non-hydrogen) atoms. The summed E-state index contributed by atoms with van der Waals surface area (Å²) in [4.78, 5) is 0. The maximum absolute atomic E-state index is 4.19. The second kappa shape index (κ2) is 10.7. The number of hydrogen-bond acceptors (Lipinski definition) is 1. The molecule has 0 amide bonds. The zero-order valence-corrected chi connectivity index (χ0v) is 12.5. The second-order valence-electron chi connectivity index (χ2n) is 3.11. The van der Waals surface area contributed by atoms with Gasteiger partial charge < -0.3 is 0 Å². The number of nitrogens with zero attached hydrogens (tertiary/aromatic N) is 2. The van der Waals surface area contributed by atoms with E-state index in [1.54, 1.807) is 0 Å². The second-order valence-corrected chi connectivity index (χ2v) is 3.11. The molecule has 0 unspecified atom stereocenters. The Hall–Kier alpha value is -0.790. The Morgan fingerprint density at radius 1 is 1.06 bits per heavy atom. The van der Waals surface area contributed by atoms with Crippen LogP contribution in [0.4, 0.5) is 0 Å². The molecule has 0 spiro atoms. The highest BCUT2D eigenvalue weighted by atomic mass is 15.3. The minimum Gasteiger partial charge on any atom is -0.272 e. The van der Waals surface area contributed by atoms with Crippen molar-refractivity contribution in [1.29, 1.82) is 0 Å². The van der Waals surface area contributed by atoms with Gasteiger partial charge in [0.05, 0.1) is 6.20 Å². The molecule has 96 valence electrons. The van der Waals surface area contributed by atoms with Crippen molar-refractivity contribution in [2.45, 2.75) is 67.2 Å². The van der Waals surface area contributed by atoms with Gasteiger partial charge in [0.25, 0.3) is 0 Å². The molecule has 0 saturated heterocycles. The third-order valence-corrected chi connectivity index (χ3v) is 2.14. The standard InChI is InChI=1S/C8H12N2.3C2H6/c1-6-5-9-10(2)8(6)7-3-4-7;3*1-2/h5,7H,3-4H2,1-2H3;3*1-2H3. The van der Waals surface area contributed by atoms with Crippen LogP contribution < -0.4 is 0 Å². The summed E-state index contributed by atoms with van der Waals surface area (Å²) >= 11 is 0. The summed E-state index contributed by atoms with van der Waals surface area (Å²) in [6, 6.07) is 0. The Morgan fingerprint density at radius 3 is 1.75 bits per heavy atom. The van der Waals surface area contributed by atoms with Crippen molar-refractivity contribution in [3.05, 3.63) is 17.5 Å². The van der Waals surface area contributed by atoms with Crippen LogP contribution in [-0.2, 0) is 7.05 Å². The lowest BCUT2D eigenvalue weighted by Gasteiger charge is -1.98. The van der Waals surface area contributed by atoms with Gasteiger partial charge >= 0.3 is 0 Å². The van der Waals surface area contributed by atoms with Crippen LogP contribution in [0.25, 0.3) is 0 Å². The molecule has 1 aromatic heterocycles. The highest BCUT2D eigenvalue weighted by Gasteiger charge is 2.27. The lowest BCUT2D eigenvalue weighted by molar-refractivity contribution is 0.712. The van der Waals surface area contributed by atoms with Crippen LogP contribution in [0.2, 0.25) is 0 Å². The van der Waals surface area contributed by atoms with Gasteiger partial charge in [-0.15, -0.1) is 0 Å². The van der Waals surface area contributed by atoms with E-state index >= 15 is 0 Å². The van der Waals surface area contributed by atoms with E-state index in [9.17, 15) is 0 Å². The molecular weight excluding hydrogens is 196 g/mol. The molecule has 1 aromatic rings. The van der Waals surface area contributed by atoms with Crippen LogP contribution in [0, 0.1) is 6.92 Å².